The average Bonchev–Trinajstić information content (AvgIpc) is 3.28. The van der Waals surface area contributed by atoms with Gasteiger partial charge in [0.1, 0.15) is 6.61 Å². The summed E-state index contributed by atoms with van der Waals surface area (Å²) in [6.07, 6.45) is 4.94. The van der Waals surface area contributed by atoms with Gasteiger partial charge in [-0.3, -0.25) is 4.79 Å². The number of carbonyl (C=O) groups is 2. The van der Waals surface area contributed by atoms with Crippen LogP contribution in [0.3, 0.4) is 0 Å². The number of unbranched alkanes of at least 4 members (excludes halogenated alkanes) is 4. The van der Waals surface area contributed by atoms with Crippen molar-refractivity contribution in [2.75, 3.05) is 13.1 Å². The molecule has 3 aromatic rings. The number of cyclic esters (lactones) is 1. The molecule has 5 rings (SSSR count). The molecule has 1 atom stereocenters. The minimum atomic E-state index is -1.69. The predicted molar refractivity (Wildman–Crippen MR) is 145 cm³/mol. The van der Waals surface area contributed by atoms with E-state index in [0.29, 0.717) is 42.1 Å². The van der Waals surface area contributed by atoms with Crippen LogP contribution in [0.4, 0.5) is 4.79 Å². The Hall–Kier alpha value is -3.68. The Kier molecular flexibility index (Phi) is 7.23. The summed E-state index contributed by atoms with van der Waals surface area (Å²) in [6, 6.07) is 11.7. The zero-order valence-corrected chi connectivity index (χ0v) is 22.4. The highest BCUT2D eigenvalue weighted by Crippen LogP contribution is 2.41. The summed E-state index contributed by atoms with van der Waals surface area (Å²) >= 11 is 0. The van der Waals surface area contributed by atoms with Crippen molar-refractivity contribution in [3.8, 4) is 11.4 Å². The molecule has 0 saturated heterocycles. The van der Waals surface area contributed by atoms with Gasteiger partial charge in [0.05, 0.1) is 29.0 Å². The van der Waals surface area contributed by atoms with Crippen LogP contribution >= 0.6 is 0 Å². The molecule has 8 nitrogen and oxygen atoms in total. The molecule has 38 heavy (non-hydrogen) atoms. The van der Waals surface area contributed by atoms with Crippen LogP contribution in [0.25, 0.3) is 22.3 Å². The molecular weight excluding hydrogens is 482 g/mol. The average molecular weight is 518 g/mol. The van der Waals surface area contributed by atoms with E-state index in [0.717, 1.165) is 42.1 Å². The first-order valence-corrected chi connectivity index (χ1v) is 13.7. The Bertz CT molecular complexity index is 1450. The smallest absolute Gasteiger partial charge is 0.411 e. The second kappa shape index (κ2) is 10.6. The van der Waals surface area contributed by atoms with Gasteiger partial charge in [-0.15, -0.1) is 0 Å². The summed E-state index contributed by atoms with van der Waals surface area (Å²) in [7, 11) is 0. The third-order valence-corrected chi connectivity index (χ3v) is 7.82. The fourth-order valence-corrected chi connectivity index (χ4v) is 5.58. The maximum atomic E-state index is 13.7. The van der Waals surface area contributed by atoms with Crippen molar-refractivity contribution in [2.45, 2.75) is 78.0 Å². The minimum Gasteiger partial charge on any atom is -0.457 e. The Morgan fingerprint density at radius 1 is 1.11 bits per heavy atom. The van der Waals surface area contributed by atoms with Crippen molar-refractivity contribution in [1.29, 1.82) is 0 Å². The van der Waals surface area contributed by atoms with Crippen LogP contribution in [0.1, 0.15) is 76.0 Å². The summed E-state index contributed by atoms with van der Waals surface area (Å²) in [6.45, 7) is 7.10. The molecule has 0 fully saturated rings. The summed E-state index contributed by atoms with van der Waals surface area (Å²) in [5.74, 6) is -0.645. The molecule has 0 N–H and O–H groups in total. The van der Waals surface area contributed by atoms with Gasteiger partial charge in [0, 0.05) is 29.6 Å². The number of pyridine rings is 2. The SMILES string of the molecule is CCCCCCCN(CC)C(=O)O[C@]1(CC)C(=O)OCc2c1cc1n(c2=O)Cc2cc3ccccc3nc2-1. The van der Waals surface area contributed by atoms with Crippen LogP contribution in [0.5, 0.6) is 0 Å². The molecule has 8 heteroatoms. The molecule has 200 valence electrons. The number of hydrogen-bond donors (Lipinski definition) is 0. The molecule has 0 saturated carbocycles. The second-order valence-electron chi connectivity index (χ2n) is 10.1. The van der Waals surface area contributed by atoms with E-state index in [2.05, 4.69) is 13.0 Å². The van der Waals surface area contributed by atoms with E-state index in [9.17, 15) is 14.4 Å². The summed E-state index contributed by atoms with van der Waals surface area (Å²) in [4.78, 5) is 46.8. The van der Waals surface area contributed by atoms with Crippen molar-refractivity contribution < 1.29 is 19.1 Å². The van der Waals surface area contributed by atoms with Gasteiger partial charge in [-0.25, -0.2) is 14.6 Å². The van der Waals surface area contributed by atoms with Crippen LogP contribution < -0.4 is 5.56 Å². The number of nitrogens with zero attached hydrogens (tertiary/aromatic N) is 3. The van der Waals surface area contributed by atoms with Gasteiger partial charge < -0.3 is 18.9 Å². The number of ether oxygens (including phenoxy) is 2. The molecule has 1 amide bonds. The maximum absolute atomic E-state index is 13.7. The van der Waals surface area contributed by atoms with Gasteiger partial charge in [0.2, 0.25) is 5.60 Å². The van der Waals surface area contributed by atoms with E-state index in [1.54, 1.807) is 16.4 Å². The number of para-hydroxylation sites is 1. The van der Waals surface area contributed by atoms with Gasteiger partial charge in [0.15, 0.2) is 0 Å². The monoisotopic (exact) mass is 517 g/mol. The number of rotatable bonds is 9. The lowest BCUT2D eigenvalue weighted by Crippen LogP contribution is -2.49. The lowest BCUT2D eigenvalue weighted by atomic mass is 9.85. The molecule has 0 spiro atoms. The Morgan fingerprint density at radius 3 is 2.66 bits per heavy atom. The van der Waals surface area contributed by atoms with E-state index in [-0.39, 0.29) is 18.6 Å². The van der Waals surface area contributed by atoms with Gasteiger partial charge in [-0.1, -0.05) is 57.7 Å². The first-order valence-electron chi connectivity index (χ1n) is 13.7. The summed E-state index contributed by atoms with van der Waals surface area (Å²) in [5.41, 5.74) is 1.93. The van der Waals surface area contributed by atoms with Crippen molar-refractivity contribution in [1.82, 2.24) is 14.5 Å². The number of hydrogen-bond acceptors (Lipinski definition) is 6. The highest BCUT2D eigenvalue weighted by atomic mass is 16.6. The Balaban J connectivity index is 1.52. The maximum Gasteiger partial charge on any atom is 0.411 e. The largest absolute Gasteiger partial charge is 0.457 e. The topological polar surface area (TPSA) is 90.7 Å². The lowest BCUT2D eigenvalue weighted by Gasteiger charge is -2.37. The van der Waals surface area contributed by atoms with Crippen LogP contribution in [0.15, 0.2) is 41.2 Å². The van der Waals surface area contributed by atoms with Gasteiger partial charge in [0.25, 0.3) is 5.56 Å². The lowest BCUT2D eigenvalue weighted by molar-refractivity contribution is -0.173. The van der Waals surface area contributed by atoms with Crippen molar-refractivity contribution in [3.05, 3.63) is 63.4 Å². The van der Waals surface area contributed by atoms with E-state index in [1.807, 2.05) is 37.3 Å². The first kappa shape index (κ1) is 25.9. The highest BCUT2D eigenvalue weighted by Gasteiger charge is 2.51. The van der Waals surface area contributed by atoms with Gasteiger partial charge in [-0.05, 0) is 38.0 Å². The molecule has 2 aliphatic heterocycles. The fraction of sp³-hybridized carbons (Fsp3) is 0.467. The Labute approximate surface area is 222 Å². The number of aromatic nitrogens is 2. The summed E-state index contributed by atoms with van der Waals surface area (Å²) < 4.78 is 13.2. The van der Waals surface area contributed by atoms with E-state index >= 15 is 0 Å². The zero-order chi connectivity index (χ0) is 26.9. The standard InChI is InChI=1S/C30H35N3O5/c1-4-7-8-9-12-15-32(6-3)29(36)38-30(5-2)23-17-25-26-21(16-20-13-10-11-14-24(20)31-26)18-33(25)27(34)22(23)19-37-28(30)35/h10-11,13-14,16-17H,4-9,12,15,18-19H2,1-3H3/t30-/m0/s1. The molecule has 4 heterocycles. The van der Waals surface area contributed by atoms with E-state index < -0.39 is 17.7 Å². The Morgan fingerprint density at radius 2 is 1.89 bits per heavy atom. The molecule has 0 unspecified atom stereocenters. The van der Waals surface area contributed by atoms with Crippen LogP contribution in [0.2, 0.25) is 0 Å². The third-order valence-electron chi connectivity index (χ3n) is 7.82. The van der Waals surface area contributed by atoms with Crippen molar-refractivity contribution in [2.24, 2.45) is 0 Å². The van der Waals surface area contributed by atoms with Gasteiger partial charge in [-0.2, -0.15) is 0 Å². The number of amides is 1. The molecule has 2 aromatic heterocycles. The zero-order valence-electron chi connectivity index (χ0n) is 22.4. The van der Waals surface area contributed by atoms with Gasteiger partial charge >= 0.3 is 12.1 Å². The first-order chi connectivity index (χ1) is 18.4. The normalized spacial score (nSPS) is 17.5. The number of benzene rings is 1. The van der Waals surface area contributed by atoms with Crippen molar-refractivity contribution in [3.63, 3.8) is 0 Å². The number of fused-ring (bicyclic) bond motifs is 5. The van der Waals surface area contributed by atoms with Crippen LogP contribution in [-0.2, 0) is 33.0 Å². The molecule has 2 aliphatic rings. The minimum absolute atomic E-state index is 0.146. The predicted octanol–water partition coefficient (Wildman–Crippen LogP) is 5.52. The summed E-state index contributed by atoms with van der Waals surface area (Å²) in [5, 5.41) is 1.00. The number of esters is 1. The molecule has 1 aromatic carbocycles. The quantitative estimate of drug-likeness (QED) is 0.215. The van der Waals surface area contributed by atoms with E-state index in [1.165, 1.54) is 6.42 Å². The second-order valence-corrected chi connectivity index (χ2v) is 10.1. The van der Waals surface area contributed by atoms with Crippen LogP contribution in [0, 0.1) is 0 Å². The molecule has 0 bridgehead atoms. The van der Waals surface area contributed by atoms with Crippen molar-refractivity contribution >= 4 is 23.0 Å². The van der Waals surface area contributed by atoms with Crippen LogP contribution in [-0.4, -0.2) is 39.6 Å². The number of carbonyl (C=O) groups excluding carboxylic acids is 2. The molecular formula is C30H35N3O5. The highest BCUT2D eigenvalue weighted by molar-refractivity contribution is 5.88. The molecule has 0 aliphatic carbocycles. The van der Waals surface area contributed by atoms with E-state index in [4.69, 9.17) is 14.5 Å². The third kappa shape index (κ3) is 4.36. The fourth-order valence-electron chi connectivity index (χ4n) is 5.58. The molecule has 0 radical (unpaired) electrons.